The van der Waals surface area contributed by atoms with Crippen molar-refractivity contribution in [3.63, 3.8) is 0 Å². The zero-order valence-corrected chi connectivity index (χ0v) is 12.8. The summed E-state index contributed by atoms with van der Waals surface area (Å²) >= 11 is 0. The van der Waals surface area contributed by atoms with Gasteiger partial charge >= 0.3 is 0 Å². The first kappa shape index (κ1) is 15.0. The van der Waals surface area contributed by atoms with Crippen LogP contribution in [-0.4, -0.2) is 10.1 Å². The maximum atomic E-state index is 10.6. The number of pyridine rings is 1. The van der Waals surface area contributed by atoms with Crippen LogP contribution in [0.2, 0.25) is 0 Å². The molecule has 1 heterocycles. The van der Waals surface area contributed by atoms with E-state index in [2.05, 4.69) is 31.0 Å². The Balaban J connectivity index is 2.28. The molecule has 0 spiro atoms. The van der Waals surface area contributed by atoms with Crippen molar-refractivity contribution in [2.24, 2.45) is 5.92 Å². The summed E-state index contributed by atoms with van der Waals surface area (Å²) in [6.07, 6.45) is 4.05. The SMILES string of the molecule is CCCC(CCC)C(O)c1ccc2nc(C)ccc2c1. The Labute approximate surface area is 121 Å². The van der Waals surface area contributed by atoms with Crippen molar-refractivity contribution < 1.29 is 5.11 Å². The molecule has 1 atom stereocenters. The van der Waals surface area contributed by atoms with Crippen LogP contribution in [0.5, 0.6) is 0 Å². The number of hydrogen-bond acceptors (Lipinski definition) is 2. The van der Waals surface area contributed by atoms with E-state index < -0.39 is 0 Å². The minimum absolute atomic E-state index is 0.361. The molecule has 2 nitrogen and oxygen atoms in total. The number of aryl methyl sites for hydroxylation is 1. The summed E-state index contributed by atoms with van der Waals surface area (Å²) in [4.78, 5) is 4.51. The lowest BCUT2D eigenvalue weighted by Gasteiger charge is -2.22. The van der Waals surface area contributed by atoms with E-state index in [9.17, 15) is 5.11 Å². The highest BCUT2D eigenvalue weighted by molar-refractivity contribution is 5.79. The molecule has 2 aromatic rings. The van der Waals surface area contributed by atoms with Crippen molar-refractivity contribution in [1.82, 2.24) is 4.98 Å². The van der Waals surface area contributed by atoms with Gasteiger partial charge in [0.15, 0.2) is 0 Å². The van der Waals surface area contributed by atoms with Crippen molar-refractivity contribution in [2.75, 3.05) is 0 Å². The third kappa shape index (κ3) is 3.37. The summed E-state index contributed by atoms with van der Waals surface area (Å²) in [5.41, 5.74) is 3.05. The topological polar surface area (TPSA) is 33.1 Å². The van der Waals surface area contributed by atoms with Crippen molar-refractivity contribution in [2.45, 2.75) is 52.6 Å². The molecule has 0 aliphatic rings. The van der Waals surface area contributed by atoms with Gasteiger partial charge in [-0.1, -0.05) is 38.8 Å². The first-order valence-electron chi connectivity index (χ1n) is 7.71. The maximum Gasteiger partial charge on any atom is 0.0818 e. The van der Waals surface area contributed by atoms with Gasteiger partial charge in [-0.2, -0.15) is 0 Å². The predicted octanol–water partition coefficient (Wildman–Crippen LogP) is 4.79. The molecule has 1 aromatic heterocycles. The number of benzene rings is 1. The molecule has 1 aromatic carbocycles. The van der Waals surface area contributed by atoms with Crippen LogP contribution in [0.3, 0.4) is 0 Å². The van der Waals surface area contributed by atoms with E-state index >= 15 is 0 Å². The van der Waals surface area contributed by atoms with Gasteiger partial charge in [-0.25, -0.2) is 0 Å². The second-order valence-electron chi connectivity index (χ2n) is 5.69. The normalized spacial score (nSPS) is 13.1. The summed E-state index contributed by atoms with van der Waals surface area (Å²) in [5, 5.41) is 11.7. The number of rotatable bonds is 6. The van der Waals surface area contributed by atoms with Crippen LogP contribution in [0.25, 0.3) is 10.9 Å². The largest absolute Gasteiger partial charge is 0.388 e. The molecule has 0 aliphatic heterocycles. The molecule has 0 aliphatic carbocycles. The van der Waals surface area contributed by atoms with Crippen molar-refractivity contribution in [3.05, 3.63) is 41.6 Å². The Bertz CT molecular complexity index is 558. The van der Waals surface area contributed by atoms with Crippen LogP contribution < -0.4 is 0 Å². The number of aliphatic hydroxyl groups excluding tert-OH is 1. The van der Waals surface area contributed by atoms with Crippen LogP contribution in [0.15, 0.2) is 30.3 Å². The highest BCUT2D eigenvalue weighted by Crippen LogP contribution is 2.31. The van der Waals surface area contributed by atoms with Crippen molar-refractivity contribution in [3.8, 4) is 0 Å². The Morgan fingerprint density at radius 3 is 2.40 bits per heavy atom. The molecule has 0 bridgehead atoms. The van der Waals surface area contributed by atoms with Gasteiger partial charge in [0.1, 0.15) is 0 Å². The number of hydrogen-bond donors (Lipinski definition) is 1. The Morgan fingerprint density at radius 2 is 1.75 bits per heavy atom. The number of fused-ring (bicyclic) bond motifs is 1. The second kappa shape index (κ2) is 6.85. The van der Waals surface area contributed by atoms with E-state index in [1.807, 2.05) is 25.1 Å². The zero-order valence-electron chi connectivity index (χ0n) is 12.8. The third-order valence-electron chi connectivity index (χ3n) is 3.96. The van der Waals surface area contributed by atoms with Gasteiger partial charge in [-0.05, 0) is 49.4 Å². The minimum atomic E-state index is -0.361. The van der Waals surface area contributed by atoms with Gasteiger partial charge < -0.3 is 5.11 Å². The lowest BCUT2D eigenvalue weighted by Crippen LogP contribution is -2.12. The average molecular weight is 271 g/mol. The highest BCUT2D eigenvalue weighted by Gasteiger charge is 2.19. The molecule has 1 N–H and O–H groups in total. The van der Waals surface area contributed by atoms with Crippen LogP contribution in [-0.2, 0) is 0 Å². The molecule has 0 saturated heterocycles. The summed E-state index contributed by atoms with van der Waals surface area (Å²) in [7, 11) is 0. The Hall–Kier alpha value is -1.41. The number of aromatic nitrogens is 1. The second-order valence-corrected chi connectivity index (χ2v) is 5.69. The third-order valence-corrected chi connectivity index (χ3v) is 3.96. The summed E-state index contributed by atoms with van der Waals surface area (Å²) in [6, 6.07) is 10.2. The molecule has 0 amide bonds. The van der Waals surface area contributed by atoms with Crippen LogP contribution >= 0.6 is 0 Å². The van der Waals surface area contributed by atoms with Crippen LogP contribution in [0, 0.1) is 12.8 Å². The van der Waals surface area contributed by atoms with E-state index in [-0.39, 0.29) is 6.10 Å². The smallest absolute Gasteiger partial charge is 0.0818 e. The van der Waals surface area contributed by atoms with E-state index in [0.29, 0.717) is 5.92 Å². The van der Waals surface area contributed by atoms with Gasteiger partial charge in [0, 0.05) is 11.1 Å². The Morgan fingerprint density at radius 1 is 1.05 bits per heavy atom. The summed E-state index contributed by atoms with van der Waals surface area (Å²) < 4.78 is 0. The molecular formula is C18H25NO. The Kier molecular flexibility index (Phi) is 5.13. The molecule has 108 valence electrons. The van der Waals surface area contributed by atoms with Crippen molar-refractivity contribution >= 4 is 10.9 Å². The predicted molar refractivity (Wildman–Crippen MR) is 84.7 cm³/mol. The monoisotopic (exact) mass is 271 g/mol. The molecule has 20 heavy (non-hydrogen) atoms. The standard InChI is InChI=1S/C18H25NO/c1-4-6-14(7-5-2)18(20)16-10-11-17-15(12-16)9-8-13(3)19-17/h8-12,14,18,20H,4-7H2,1-3H3. The van der Waals surface area contributed by atoms with Crippen molar-refractivity contribution in [1.29, 1.82) is 0 Å². The summed E-state index contributed by atoms with van der Waals surface area (Å²) in [5.74, 6) is 0.362. The molecule has 2 heteroatoms. The molecular weight excluding hydrogens is 246 g/mol. The van der Waals surface area contributed by atoms with E-state index in [4.69, 9.17) is 0 Å². The van der Waals surface area contributed by atoms with Gasteiger partial charge in [0.05, 0.1) is 11.6 Å². The van der Waals surface area contributed by atoms with E-state index in [0.717, 1.165) is 47.8 Å². The first-order valence-corrected chi connectivity index (χ1v) is 7.71. The fraction of sp³-hybridized carbons (Fsp3) is 0.500. The average Bonchev–Trinajstić information content (AvgIpc) is 2.45. The lowest BCUT2D eigenvalue weighted by atomic mass is 9.88. The van der Waals surface area contributed by atoms with Crippen LogP contribution in [0.4, 0.5) is 0 Å². The summed E-state index contributed by atoms with van der Waals surface area (Å²) in [6.45, 7) is 6.37. The fourth-order valence-electron chi connectivity index (χ4n) is 2.90. The lowest BCUT2D eigenvalue weighted by molar-refractivity contribution is 0.0966. The quantitative estimate of drug-likeness (QED) is 0.819. The minimum Gasteiger partial charge on any atom is -0.388 e. The zero-order chi connectivity index (χ0) is 14.5. The fourth-order valence-corrected chi connectivity index (χ4v) is 2.90. The van der Waals surface area contributed by atoms with Gasteiger partial charge in [0.2, 0.25) is 0 Å². The number of nitrogens with zero attached hydrogens (tertiary/aromatic N) is 1. The van der Waals surface area contributed by atoms with Gasteiger partial charge in [-0.3, -0.25) is 4.98 Å². The van der Waals surface area contributed by atoms with E-state index in [1.165, 1.54) is 0 Å². The number of aliphatic hydroxyl groups is 1. The molecule has 0 radical (unpaired) electrons. The molecule has 0 saturated carbocycles. The molecule has 1 unspecified atom stereocenters. The maximum absolute atomic E-state index is 10.6. The molecule has 0 fully saturated rings. The van der Waals surface area contributed by atoms with E-state index in [1.54, 1.807) is 0 Å². The van der Waals surface area contributed by atoms with Crippen LogP contribution in [0.1, 0.15) is 56.9 Å². The molecule has 2 rings (SSSR count). The highest BCUT2D eigenvalue weighted by atomic mass is 16.3. The van der Waals surface area contributed by atoms with Gasteiger partial charge in [-0.15, -0.1) is 0 Å². The first-order chi connectivity index (χ1) is 9.65. The van der Waals surface area contributed by atoms with Gasteiger partial charge in [0.25, 0.3) is 0 Å².